The Morgan fingerprint density at radius 3 is 2.18 bits per heavy atom. The van der Waals surface area contributed by atoms with Crippen LogP contribution in [0.5, 0.6) is 0 Å². The maximum atomic E-state index is 3.85. The Bertz CT molecular complexity index is 632. The van der Waals surface area contributed by atoms with Gasteiger partial charge in [-0.15, -0.1) is 34.9 Å². The van der Waals surface area contributed by atoms with E-state index in [1.807, 2.05) is 47.5 Å². The SMILES string of the molecule is [Fe+2].c1cc[c-](-c2ccc(N3CN=NN3)cc2)c1.c1cc[cH-]c1. The van der Waals surface area contributed by atoms with Gasteiger partial charge in [0.25, 0.3) is 0 Å². The third kappa shape index (κ3) is 4.07. The van der Waals surface area contributed by atoms with Crippen molar-refractivity contribution in [2.24, 2.45) is 10.3 Å². The molecule has 0 bridgehead atoms. The minimum absolute atomic E-state index is 0. The zero-order valence-electron chi connectivity index (χ0n) is 11.9. The van der Waals surface area contributed by atoms with Crippen LogP contribution >= 0.6 is 0 Å². The van der Waals surface area contributed by atoms with Crippen LogP contribution in [0, 0.1) is 0 Å². The van der Waals surface area contributed by atoms with E-state index in [9.17, 15) is 0 Å². The molecule has 0 radical (unpaired) electrons. The summed E-state index contributed by atoms with van der Waals surface area (Å²) in [6.07, 6.45) is 0. The fourth-order valence-corrected chi connectivity index (χ4v) is 2.07. The molecular weight excluding hydrogens is 316 g/mol. The number of nitrogens with zero attached hydrogens (tertiary/aromatic N) is 3. The molecule has 1 heterocycles. The summed E-state index contributed by atoms with van der Waals surface area (Å²) in [5.41, 5.74) is 6.36. The molecule has 0 fully saturated rings. The Morgan fingerprint density at radius 2 is 1.68 bits per heavy atom. The molecule has 0 amide bonds. The molecule has 1 aliphatic rings. The van der Waals surface area contributed by atoms with Gasteiger partial charge in [0, 0.05) is 5.69 Å². The van der Waals surface area contributed by atoms with Crippen LogP contribution < -0.4 is 10.5 Å². The van der Waals surface area contributed by atoms with Crippen LogP contribution in [0.25, 0.3) is 11.1 Å². The van der Waals surface area contributed by atoms with Crippen molar-refractivity contribution in [3.8, 4) is 11.1 Å². The Hall–Kier alpha value is -2.36. The van der Waals surface area contributed by atoms with E-state index < -0.39 is 0 Å². The van der Waals surface area contributed by atoms with Crippen LogP contribution in [-0.2, 0) is 17.1 Å². The quantitative estimate of drug-likeness (QED) is 0.566. The minimum Gasteiger partial charge on any atom is -0.249 e. The number of nitrogens with one attached hydrogen (secondary N) is 1. The number of hydrogen-bond donors (Lipinski definition) is 1. The molecule has 4 nitrogen and oxygen atoms in total. The van der Waals surface area contributed by atoms with Gasteiger partial charge in [0.05, 0.1) is 0 Å². The molecule has 1 aliphatic heterocycles. The van der Waals surface area contributed by atoms with E-state index in [4.69, 9.17) is 0 Å². The van der Waals surface area contributed by atoms with Gasteiger partial charge >= 0.3 is 17.1 Å². The number of anilines is 1. The standard InChI is InChI=1S/C12H11N4.C5H5.Fe/c1-2-4-10(3-1)11-5-7-12(8-6-11)16-9-13-14-15-16;1-2-4-5-3-1;/h1-8H,9H2,(H,13,15);1-5H;/q2*-1;+2. The minimum atomic E-state index is 0. The number of hydrogen-bond acceptors (Lipinski definition) is 4. The molecule has 0 aliphatic carbocycles. The van der Waals surface area contributed by atoms with Crippen LogP contribution in [0.4, 0.5) is 5.69 Å². The summed E-state index contributed by atoms with van der Waals surface area (Å²) in [5, 5.41) is 9.45. The van der Waals surface area contributed by atoms with Crippen molar-refractivity contribution >= 4 is 5.69 Å². The van der Waals surface area contributed by atoms with Crippen molar-refractivity contribution in [3.63, 3.8) is 0 Å². The summed E-state index contributed by atoms with van der Waals surface area (Å²) in [7, 11) is 0. The molecule has 3 aromatic carbocycles. The number of benzene rings is 1. The predicted octanol–water partition coefficient (Wildman–Crippen LogP) is 4.12. The van der Waals surface area contributed by atoms with Crippen molar-refractivity contribution in [1.82, 2.24) is 5.53 Å². The second kappa shape index (κ2) is 8.17. The van der Waals surface area contributed by atoms with E-state index in [0.29, 0.717) is 6.67 Å². The molecule has 4 rings (SSSR count). The first-order valence-corrected chi connectivity index (χ1v) is 6.82. The molecule has 5 heteroatoms. The first-order chi connectivity index (χ1) is 10.4. The van der Waals surface area contributed by atoms with Crippen LogP contribution in [0.2, 0.25) is 0 Å². The van der Waals surface area contributed by atoms with Crippen molar-refractivity contribution in [2.75, 3.05) is 11.7 Å². The van der Waals surface area contributed by atoms with Crippen LogP contribution in [0.15, 0.2) is 89.2 Å². The second-order valence-corrected chi connectivity index (χ2v) is 4.59. The Labute approximate surface area is 140 Å². The van der Waals surface area contributed by atoms with Gasteiger partial charge in [0.1, 0.15) is 0 Å². The van der Waals surface area contributed by atoms with Gasteiger partial charge in [-0.1, -0.05) is 22.9 Å². The number of rotatable bonds is 2. The maximum absolute atomic E-state index is 3.85. The summed E-state index contributed by atoms with van der Waals surface area (Å²) in [6.45, 7) is 0.565. The molecule has 112 valence electrons. The van der Waals surface area contributed by atoms with Crippen molar-refractivity contribution in [1.29, 1.82) is 0 Å². The topological polar surface area (TPSA) is 40.0 Å². The smallest absolute Gasteiger partial charge is 0.249 e. The summed E-state index contributed by atoms with van der Waals surface area (Å²) < 4.78 is 0. The molecule has 0 atom stereocenters. The van der Waals surface area contributed by atoms with Crippen molar-refractivity contribution in [2.45, 2.75) is 0 Å². The third-order valence-corrected chi connectivity index (χ3v) is 3.17. The third-order valence-electron chi connectivity index (χ3n) is 3.17. The van der Waals surface area contributed by atoms with E-state index in [-0.39, 0.29) is 17.1 Å². The summed E-state index contributed by atoms with van der Waals surface area (Å²) in [4.78, 5) is 0. The fourth-order valence-electron chi connectivity index (χ4n) is 2.07. The molecule has 22 heavy (non-hydrogen) atoms. The van der Waals surface area contributed by atoms with Gasteiger partial charge in [-0.3, -0.25) is 0 Å². The molecule has 0 unspecified atom stereocenters. The van der Waals surface area contributed by atoms with Gasteiger partial charge in [0.2, 0.25) is 0 Å². The molecule has 3 aromatic rings. The van der Waals surface area contributed by atoms with Crippen molar-refractivity contribution in [3.05, 3.63) is 78.9 Å². The summed E-state index contributed by atoms with van der Waals surface area (Å²) in [6, 6.07) is 26.6. The van der Waals surface area contributed by atoms with E-state index in [0.717, 1.165) is 5.69 Å². The Morgan fingerprint density at radius 1 is 1.00 bits per heavy atom. The summed E-state index contributed by atoms with van der Waals surface area (Å²) >= 11 is 0. The van der Waals surface area contributed by atoms with Gasteiger partial charge in [-0.2, -0.15) is 35.9 Å². The monoisotopic (exact) mass is 332 g/mol. The van der Waals surface area contributed by atoms with E-state index in [1.165, 1.54) is 11.1 Å². The molecule has 0 saturated carbocycles. The zero-order chi connectivity index (χ0) is 14.3. The van der Waals surface area contributed by atoms with Gasteiger partial charge in [-0.25, -0.2) is 17.1 Å². The van der Waals surface area contributed by atoms with E-state index in [1.54, 1.807) is 0 Å². The first kappa shape index (κ1) is 16.0. The van der Waals surface area contributed by atoms with Crippen molar-refractivity contribution < 1.29 is 17.1 Å². The first-order valence-electron chi connectivity index (χ1n) is 6.82. The van der Waals surface area contributed by atoms with Crippen LogP contribution in [0.3, 0.4) is 0 Å². The Kier molecular flexibility index (Phi) is 5.95. The normalized spacial score (nSPS) is 12.1. The largest absolute Gasteiger partial charge is 2.00 e. The van der Waals surface area contributed by atoms with Crippen LogP contribution in [0.1, 0.15) is 0 Å². The molecule has 0 saturated heterocycles. The Balaban J connectivity index is 0.000000253. The second-order valence-electron chi connectivity index (χ2n) is 4.59. The fraction of sp³-hybridized carbons (Fsp3) is 0.0588. The predicted molar refractivity (Wildman–Crippen MR) is 84.8 cm³/mol. The average molecular weight is 332 g/mol. The molecule has 0 spiro atoms. The maximum Gasteiger partial charge on any atom is 2.00 e. The molecule has 1 N–H and O–H groups in total. The summed E-state index contributed by atoms with van der Waals surface area (Å²) in [5.74, 6) is 0. The van der Waals surface area contributed by atoms with Gasteiger partial charge < -0.3 is 0 Å². The number of hydrazine groups is 1. The van der Waals surface area contributed by atoms with Crippen LogP contribution in [-0.4, -0.2) is 6.67 Å². The molecular formula is C17H16FeN4. The molecule has 0 aromatic heterocycles. The van der Waals surface area contributed by atoms with E-state index in [2.05, 4.69) is 52.3 Å². The van der Waals surface area contributed by atoms with Gasteiger partial charge in [0.15, 0.2) is 6.67 Å². The van der Waals surface area contributed by atoms with E-state index >= 15 is 0 Å². The average Bonchev–Trinajstić information content (AvgIpc) is 3.32. The van der Waals surface area contributed by atoms with Gasteiger partial charge in [-0.05, 0) is 0 Å². The zero-order valence-corrected chi connectivity index (χ0v) is 13.0.